The monoisotopic (exact) mass is 196 g/mol. The highest BCUT2D eigenvalue weighted by molar-refractivity contribution is 5.83. The van der Waals surface area contributed by atoms with Gasteiger partial charge < -0.3 is 5.73 Å². The van der Waals surface area contributed by atoms with Gasteiger partial charge in [0.25, 0.3) is 0 Å². The Kier molecular flexibility index (Phi) is 2.90. The molecule has 0 unspecified atom stereocenters. The van der Waals surface area contributed by atoms with Crippen LogP contribution in [0.5, 0.6) is 0 Å². The first-order valence-corrected chi connectivity index (χ1v) is 4.44. The van der Waals surface area contributed by atoms with Crippen LogP contribution in [-0.4, -0.2) is 21.2 Å². The Hall–Kier alpha value is -1.36. The molecule has 78 valence electrons. The van der Waals surface area contributed by atoms with Gasteiger partial charge in [-0.05, 0) is 13.8 Å². The van der Waals surface area contributed by atoms with Crippen LogP contribution in [0.3, 0.4) is 0 Å². The predicted molar refractivity (Wildman–Crippen MR) is 53.3 cm³/mol. The molecular formula is C9H16N4O. The van der Waals surface area contributed by atoms with Crippen molar-refractivity contribution in [2.75, 3.05) is 0 Å². The van der Waals surface area contributed by atoms with Gasteiger partial charge in [-0.3, -0.25) is 14.8 Å². The van der Waals surface area contributed by atoms with Crippen molar-refractivity contribution < 1.29 is 4.79 Å². The number of hydrogen-bond acceptors (Lipinski definition) is 3. The lowest BCUT2D eigenvalue weighted by atomic mass is 10.1. The van der Waals surface area contributed by atoms with Crippen LogP contribution in [0.1, 0.15) is 19.4 Å². The van der Waals surface area contributed by atoms with E-state index < -0.39 is 5.54 Å². The molecule has 5 nitrogen and oxygen atoms in total. The summed E-state index contributed by atoms with van der Waals surface area (Å²) in [6, 6.07) is 0. The lowest BCUT2D eigenvalue weighted by Crippen LogP contribution is -2.50. The minimum absolute atomic E-state index is 0.360. The fourth-order valence-corrected chi connectivity index (χ4v) is 0.973. The molecule has 0 aromatic carbocycles. The fourth-order valence-electron chi connectivity index (χ4n) is 0.973. The molecule has 14 heavy (non-hydrogen) atoms. The van der Waals surface area contributed by atoms with Crippen molar-refractivity contribution >= 4 is 5.91 Å². The first-order valence-electron chi connectivity index (χ1n) is 4.44. The summed E-state index contributed by atoms with van der Waals surface area (Å²) in [7, 11) is 1.85. The third kappa shape index (κ3) is 2.56. The van der Waals surface area contributed by atoms with Crippen LogP contribution < -0.4 is 11.1 Å². The molecule has 0 spiro atoms. The van der Waals surface area contributed by atoms with E-state index in [9.17, 15) is 4.79 Å². The molecule has 0 fully saturated rings. The van der Waals surface area contributed by atoms with E-state index >= 15 is 0 Å². The molecule has 0 atom stereocenters. The SMILES string of the molecule is Cn1cc(CNC(C)(C)C(N)=O)cn1. The summed E-state index contributed by atoms with van der Waals surface area (Å²) in [6.45, 7) is 4.10. The topological polar surface area (TPSA) is 72.9 Å². The molecule has 1 rings (SSSR count). The molecule has 1 heterocycles. The molecule has 0 bridgehead atoms. The molecule has 0 aliphatic heterocycles. The molecule has 0 saturated heterocycles. The van der Waals surface area contributed by atoms with Gasteiger partial charge in [-0.15, -0.1) is 0 Å². The highest BCUT2D eigenvalue weighted by Crippen LogP contribution is 2.03. The zero-order chi connectivity index (χ0) is 10.8. The number of primary amides is 1. The van der Waals surface area contributed by atoms with Gasteiger partial charge in [-0.25, -0.2) is 0 Å². The minimum atomic E-state index is -0.685. The number of carbonyl (C=O) groups is 1. The van der Waals surface area contributed by atoms with Crippen molar-refractivity contribution in [1.29, 1.82) is 0 Å². The summed E-state index contributed by atoms with van der Waals surface area (Å²) in [5.41, 5.74) is 5.56. The van der Waals surface area contributed by atoms with Crippen molar-refractivity contribution in [2.45, 2.75) is 25.9 Å². The van der Waals surface area contributed by atoms with Crippen LogP contribution in [0.2, 0.25) is 0 Å². The highest BCUT2D eigenvalue weighted by Gasteiger charge is 2.23. The van der Waals surface area contributed by atoms with Gasteiger partial charge in [0.15, 0.2) is 0 Å². The maximum absolute atomic E-state index is 11.0. The van der Waals surface area contributed by atoms with Gasteiger partial charge in [0.05, 0.1) is 11.7 Å². The van der Waals surface area contributed by atoms with Crippen molar-refractivity contribution in [3.05, 3.63) is 18.0 Å². The Balaban J connectivity index is 2.52. The van der Waals surface area contributed by atoms with E-state index in [1.165, 1.54) is 0 Å². The quantitative estimate of drug-likeness (QED) is 0.699. The second kappa shape index (κ2) is 3.79. The number of rotatable bonds is 4. The molecule has 1 aromatic heterocycles. The van der Waals surface area contributed by atoms with Gasteiger partial charge in [0.2, 0.25) is 5.91 Å². The molecule has 0 aliphatic rings. The first kappa shape index (κ1) is 10.7. The Bertz CT molecular complexity index is 329. The standard InChI is InChI=1S/C9H16N4O/c1-9(2,8(10)14)11-4-7-5-12-13(3)6-7/h5-6,11H,4H2,1-3H3,(H2,10,14). The second-order valence-electron chi connectivity index (χ2n) is 3.87. The summed E-state index contributed by atoms with van der Waals surface area (Å²) >= 11 is 0. The van der Waals surface area contributed by atoms with E-state index in [-0.39, 0.29) is 5.91 Å². The molecule has 0 radical (unpaired) electrons. The average Bonchev–Trinajstić information content (AvgIpc) is 2.48. The van der Waals surface area contributed by atoms with Crippen LogP contribution in [0.15, 0.2) is 12.4 Å². The van der Waals surface area contributed by atoms with Gasteiger partial charge in [-0.2, -0.15) is 5.10 Å². The number of amides is 1. The third-order valence-electron chi connectivity index (χ3n) is 2.11. The van der Waals surface area contributed by atoms with Crippen molar-refractivity contribution in [3.63, 3.8) is 0 Å². The maximum Gasteiger partial charge on any atom is 0.237 e. The summed E-state index contributed by atoms with van der Waals surface area (Å²) in [4.78, 5) is 11.0. The van der Waals surface area contributed by atoms with Crippen LogP contribution in [0, 0.1) is 0 Å². The Morgan fingerprint density at radius 1 is 1.71 bits per heavy atom. The first-order chi connectivity index (χ1) is 6.42. The summed E-state index contributed by atoms with van der Waals surface area (Å²) in [6.07, 6.45) is 3.65. The minimum Gasteiger partial charge on any atom is -0.368 e. The Morgan fingerprint density at radius 3 is 2.79 bits per heavy atom. The normalized spacial score (nSPS) is 11.6. The number of nitrogens with zero attached hydrogens (tertiary/aromatic N) is 2. The van der Waals surface area contributed by atoms with Gasteiger partial charge in [0, 0.05) is 25.4 Å². The Morgan fingerprint density at radius 2 is 2.36 bits per heavy atom. The van der Waals surface area contributed by atoms with E-state index in [2.05, 4.69) is 10.4 Å². The molecule has 3 N–H and O–H groups in total. The summed E-state index contributed by atoms with van der Waals surface area (Å²) in [5, 5.41) is 7.08. The van der Waals surface area contributed by atoms with Crippen LogP contribution in [-0.2, 0) is 18.4 Å². The molecule has 1 aromatic rings. The van der Waals surface area contributed by atoms with E-state index in [0.717, 1.165) is 5.56 Å². The number of aryl methyl sites for hydroxylation is 1. The smallest absolute Gasteiger partial charge is 0.237 e. The molecule has 1 amide bonds. The van der Waals surface area contributed by atoms with E-state index in [1.807, 2.05) is 13.2 Å². The molecule has 5 heteroatoms. The predicted octanol–water partition coefficient (Wildman–Crippen LogP) is -0.226. The third-order valence-corrected chi connectivity index (χ3v) is 2.11. The number of carbonyl (C=O) groups excluding carboxylic acids is 1. The van der Waals surface area contributed by atoms with Crippen molar-refractivity contribution in [1.82, 2.24) is 15.1 Å². The van der Waals surface area contributed by atoms with Crippen LogP contribution in [0.4, 0.5) is 0 Å². The summed E-state index contributed by atoms with van der Waals surface area (Å²) in [5.74, 6) is -0.360. The number of hydrogen-bond donors (Lipinski definition) is 2. The fraction of sp³-hybridized carbons (Fsp3) is 0.556. The van der Waals surface area contributed by atoms with Gasteiger partial charge >= 0.3 is 0 Å². The average molecular weight is 196 g/mol. The molecule has 0 aliphatic carbocycles. The number of nitrogens with two attached hydrogens (primary N) is 1. The van der Waals surface area contributed by atoms with Crippen LogP contribution >= 0.6 is 0 Å². The van der Waals surface area contributed by atoms with Crippen molar-refractivity contribution in [2.24, 2.45) is 12.8 Å². The Labute approximate surface area is 83.3 Å². The molecular weight excluding hydrogens is 180 g/mol. The van der Waals surface area contributed by atoms with Crippen molar-refractivity contribution in [3.8, 4) is 0 Å². The summed E-state index contributed by atoms with van der Waals surface area (Å²) < 4.78 is 1.72. The molecule has 0 saturated carbocycles. The van der Waals surface area contributed by atoms with Crippen LogP contribution in [0.25, 0.3) is 0 Å². The van der Waals surface area contributed by atoms with E-state index in [0.29, 0.717) is 6.54 Å². The van der Waals surface area contributed by atoms with E-state index in [1.54, 1.807) is 24.7 Å². The second-order valence-corrected chi connectivity index (χ2v) is 3.87. The zero-order valence-corrected chi connectivity index (χ0v) is 8.74. The van der Waals surface area contributed by atoms with Gasteiger partial charge in [0.1, 0.15) is 0 Å². The van der Waals surface area contributed by atoms with E-state index in [4.69, 9.17) is 5.73 Å². The maximum atomic E-state index is 11.0. The lowest BCUT2D eigenvalue weighted by Gasteiger charge is -2.21. The largest absolute Gasteiger partial charge is 0.368 e. The zero-order valence-electron chi connectivity index (χ0n) is 8.74. The highest BCUT2D eigenvalue weighted by atomic mass is 16.1. The van der Waals surface area contributed by atoms with Gasteiger partial charge in [-0.1, -0.05) is 0 Å². The number of nitrogens with one attached hydrogen (secondary N) is 1. The number of aromatic nitrogens is 2. The lowest BCUT2D eigenvalue weighted by molar-refractivity contribution is -0.123.